The van der Waals surface area contributed by atoms with E-state index in [1.807, 2.05) is 30.3 Å². The molecule has 0 aliphatic rings. The van der Waals surface area contributed by atoms with Crippen molar-refractivity contribution in [2.45, 2.75) is 45.8 Å². The minimum absolute atomic E-state index is 0.0536. The van der Waals surface area contributed by atoms with Crippen molar-refractivity contribution in [2.24, 2.45) is 0 Å². The van der Waals surface area contributed by atoms with Crippen molar-refractivity contribution < 1.29 is 23.5 Å². The second-order valence-electron chi connectivity index (χ2n) is 8.69. The molecule has 0 bridgehead atoms. The van der Waals surface area contributed by atoms with Crippen LogP contribution >= 0.6 is 11.6 Å². The van der Waals surface area contributed by atoms with E-state index in [-0.39, 0.29) is 23.0 Å². The number of benzene rings is 2. The normalized spacial score (nSPS) is 12.1. The highest BCUT2D eigenvalue weighted by Crippen LogP contribution is 2.32. The number of fused-ring (bicyclic) bond motifs is 1. The smallest absolute Gasteiger partial charge is 0.408 e. The van der Waals surface area contributed by atoms with Crippen LogP contribution in [0.2, 0.25) is 5.02 Å². The number of hydrogen-bond donors (Lipinski definition) is 2. The number of ether oxygens (including phenoxy) is 2. The summed E-state index contributed by atoms with van der Waals surface area (Å²) in [6.07, 6.45) is -0.0831. The zero-order valence-corrected chi connectivity index (χ0v) is 20.2. The largest absolute Gasteiger partial charge is 0.464 e. The lowest BCUT2D eigenvalue weighted by Gasteiger charge is -2.21. The first-order valence-corrected chi connectivity index (χ1v) is 11.1. The van der Waals surface area contributed by atoms with Crippen molar-refractivity contribution in [3.05, 3.63) is 69.5 Å². The molecule has 0 aliphatic carbocycles. The molecule has 1 aromatic heterocycles. The predicted octanol–water partition coefficient (Wildman–Crippen LogP) is 4.92. The first-order valence-electron chi connectivity index (χ1n) is 10.8. The van der Waals surface area contributed by atoms with Gasteiger partial charge >= 0.3 is 17.7 Å². The second kappa shape index (κ2) is 10.6. The van der Waals surface area contributed by atoms with Crippen LogP contribution in [0, 0.1) is 0 Å². The summed E-state index contributed by atoms with van der Waals surface area (Å²) in [6.45, 7) is 6.98. The lowest BCUT2D eigenvalue weighted by Crippen LogP contribution is -2.43. The monoisotopic (exact) mass is 486 g/mol. The average molecular weight is 487 g/mol. The Morgan fingerprint density at radius 2 is 1.79 bits per heavy atom. The van der Waals surface area contributed by atoms with Gasteiger partial charge in [-0.05, 0) is 45.4 Å². The van der Waals surface area contributed by atoms with Crippen LogP contribution in [0.4, 0.5) is 10.5 Å². The molecule has 1 heterocycles. The van der Waals surface area contributed by atoms with Crippen LogP contribution in [0.1, 0.15) is 33.3 Å². The molecule has 0 radical (unpaired) electrons. The second-order valence-corrected chi connectivity index (χ2v) is 9.07. The Morgan fingerprint density at radius 3 is 2.47 bits per heavy atom. The first-order chi connectivity index (χ1) is 16.0. The molecule has 0 unspecified atom stereocenters. The topological polar surface area (TPSA) is 107 Å². The van der Waals surface area contributed by atoms with Gasteiger partial charge in [0.2, 0.25) is 5.91 Å². The number of carbonyl (C=O) groups is 2. The van der Waals surface area contributed by atoms with Gasteiger partial charge in [0, 0.05) is 17.5 Å². The number of rotatable bonds is 7. The number of halogens is 1. The Balaban J connectivity index is 1.68. The molecule has 3 aromatic rings. The Morgan fingerprint density at radius 1 is 1.09 bits per heavy atom. The molecule has 3 rings (SSSR count). The summed E-state index contributed by atoms with van der Waals surface area (Å²) < 4.78 is 16.0. The molecule has 8 nitrogen and oxygen atoms in total. The zero-order valence-electron chi connectivity index (χ0n) is 19.4. The highest BCUT2D eigenvalue weighted by Gasteiger charge is 2.21. The molecule has 0 spiro atoms. The molecule has 0 aliphatic heterocycles. The Bertz CT molecular complexity index is 1230. The summed E-state index contributed by atoms with van der Waals surface area (Å²) in [5.41, 5.74) is 0.0925. The van der Waals surface area contributed by atoms with E-state index in [1.54, 1.807) is 32.9 Å². The number of hydrogen-bond acceptors (Lipinski definition) is 6. The number of amides is 2. The molecule has 34 heavy (non-hydrogen) atoms. The van der Waals surface area contributed by atoms with Crippen LogP contribution in [-0.4, -0.2) is 30.3 Å². The predicted molar refractivity (Wildman–Crippen MR) is 131 cm³/mol. The standard InChI is InChI=1S/C25H27ClN2O6/c1-15(27-24(31)34-25(2,3)4)21(29)28-17-10-11-18-19(14-17)22(30)33-23(20(18)26)32-13-12-16-8-6-5-7-9-16/h5-11,14-15H,12-13H2,1-4H3,(H,27,31)(H,28,29)/t15-/m0/s1. The molecule has 0 fully saturated rings. The maximum atomic E-state index is 12.5. The van der Waals surface area contributed by atoms with Gasteiger partial charge in [0.05, 0.1) is 12.0 Å². The quantitative estimate of drug-likeness (QED) is 0.491. The van der Waals surface area contributed by atoms with Crippen molar-refractivity contribution in [1.29, 1.82) is 0 Å². The molecule has 1 atom stereocenters. The van der Waals surface area contributed by atoms with E-state index in [9.17, 15) is 14.4 Å². The van der Waals surface area contributed by atoms with Crippen molar-refractivity contribution in [3.8, 4) is 5.95 Å². The Hall–Kier alpha value is -3.52. The summed E-state index contributed by atoms with van der Waals surface area (Å²) in [5, 5.41) is 5.90. The van der Waals surface area contributed by atoms with Crippen LogP contribution in [0.5, 0.6) is 5.95 Å². The van der Waals surface area contributed by atoms with Gasteiger partial charge in [-0.1, -0.05) is 48.0 Å². The molecule has 180 valence electrons. The summed E-state index contributed by atoms with van der Waals surface area (Å²) in [6, 6.07) is 13.5. The van der Waals surface area contributed by atoms with Crippen LogP contribution < -0.4 is 21.0 Å². The molecule has 2 amide bonds. The van der Waals surface area contributed by atoms with Crippen LogP contribution in [0.15, 0.2) is 57.7 Å². The van der Waals surface area contributed by atoms with E-state index in [4.69, 9.17) is 25.5 Å². The SMILES string of the molecule is C[C@H](NC(=O)OC(C)(C)C)C(=O)Nc1ccc2c(Cl)c(OCCc3ccccc3)oc(=O)c2c1. The molecular formula is C25H27ClN2O6. The molecular weight excluding hydrogens is 460 g/mol. The molecule has 0 saturated heterocycles. The van der Waals surface area contributed by atoms with Crippen LogP contribution in [0.3, 0.4) is 0 Å². The van der Waals surface area contributed by atoms with E-state index in [2.05, 4.69) is 10.6 Å². The fraction of sp³-hybridized carbons (Fsp3) is 0.320. The maximum Gasteiger partial charge on any atom is 0.408 e. The summed E-state index contributed by atoms with van der Waals surface area (Å²) >= 11 is 6.41. The lowest BCUT2D eigenvalue weighted by molar-refractivity contribution is -0.117. The van der Waals surface area contributed by atoms with Gasteiger partial charge in [-0.2, -0.15) is 0 Å². The first kappa shape index (κ1) is 25.1. The van der Waals surface area contributed by atoms with E-state index in [1.165, 1.54) is 13.0 Å². The van der Waals surface area contributed by atoms with Gasteiger partial charge in [-0.15, -0.1) is 0 Å². The summed E-state index contributed by atoms with van der Waals surface area (Å²) in [5.74, 6) is -0.538. The van der Waals surface area contributed by atoms with Gasteiger partial charge in [-0.3, -0.25) is 4.79 Å². The number of nitrogens with one attached hydrogen (secondary N) is 2. The van der Waals surface area contributed by atoms with Gasteiger partial charge in [0.15, 0.2) is 0 Å². The fourth-order valence-corrected chi connectivity index (χ4v) is 3.33. The molecule has 2 N–H and O–H groups in total. The average Bonchev–Trinajstić information content (AvgIpc) is 2.76. The lowest BCUT2D eigenvalue weighted by atomic mass is 10.1. The van der Waals surface area contributed by atoms with E-state index >= 15 is 0 Å². The third-order valence-corrected chi connectivity index (χ3v) is 5.06. The number of alkyl carbamates (subject to hydrolysis) is 1. The minimum Gasteiger partial charge on any atom is -0.464 e. The van der Waals surface area contributed by atoms with Gasteiger partial charge in [0.1, 0.15) is 16.7 Å². The van der Waals surface area contributed by atoms with Crippen molar-refractivity contribution in [2.75, 3.05) is 11.9 Å². The van der Waals surface area contributed by atoms with E-state index in [0.717, 1.165) is 5.56 Å². The molecule has 2 aromatic carbocycles. The zero-order chi connectivity index (χ0) is 24.9. The van der Waals surface area contributed by atoms with Gasteiger partial charge in [-0.25, -0.2) is 9.59 Å². The molecule has 0 saturated carbocycles. The van der Waals surface area contributed by atoms with Crippen LogP contribution in [0.25, 0.3) is 10.8 Å². The van der Waals surface area contributed by atoms with Crippen molar-refractivity contribution in [1.82, 2.24) is 5.32 Å². The van der Waals surface area contributed by atoms with Gasteiger partial charge in [0.25, 0.3) is 0 Å². The minimum atomic E-state index is -0.870. The Labute approximate surface area is 202 Å². The number of carbonyl (C=O) groups excluding carboxylic acids is 2. The van der Waals surface area contributed by atoms with Gasteiger partial charge < -0.3 is 24.5 Å². The number of anilines is 1. The molecule has 9 heteroatoms. The van der Waals surface area contributed by atoms with Crippen molar-refractivity contribution >= 4 is 40.1 Å². The summed E-state index contributed by atoms with van der Waals surface area (Å²) in [4.78, 5) is 36.9. The van der Waals surface area contributed by atoms with E-state index < -0.39 is 29.3 Å². The highest BCUT2D eigenvalue weighted by atomic mass is 35.5. The van der Waals surface area contributed by atoms with E-state index in [0.29, 0.717) is 17.5 Å². The third kappa shape index (κ3) is 6.74. The van der Waals surface area contributed by atoms with Crippen LogP contribution in [-0.2, 0) is 16.0 Å². The van der Waals surface area contributed by atoms with Crippen molar-refractivity contribution in [3.63, 3.8) is 0 Å². The maximum absolute atomic E-state index is 12.5. The highest BCUT2D eigenvalue weighted by molar-refractivity contribution is 6.36. The fourth-order valence-electron chi connectivity index (χ4n) is 3.08. The Kier molecular flexibility index (Phi) is 7.83. The summed E-state index contributed by atoms with van der Waals surface area (Å²) in [7, 11) is 0. The third-order valence-electron chi connectivity index (χ3n) is 4.70.